The van der Waals surface area contributed by atoms with Crippen LogP contribution in [0.3, 0.4) is 0 Å². The molecule has 0 aliphatic rings. The van der Waals surface area contributed by atoms with Gasteiger partial charge >= 0.3 is 0 Å². The standard InChI is InChI=1S/C17H17Cl2N5O2/c1-11-16(19)9-24(22-11)12(2)17(25)21-14-7-20-23(8-14)10-26-15-5-3-4-13(18)6-15/h3-9,12H,10H2,1-2H3,(H,21,25). The molecular formula is C17H17Cl2N5O2. The van der Waals surface area contributed by atoms with Crippen molar-refractivity contribution in [1.82, 2.24) is 19.6 Å². The van der Waals surface area contributed by atoms with E-state index in [1.54, 1.807) is 61.4 Å². The van der Waals surface area contributed by atoms with Crippen LogP contribution in [0.1, 0.15) is 18.7 Å². The molecule has 9 heteroatoms. The Balaban J connectivity index is 1.58. The normalized spacial score (nSPS) is 12.0. The number of rotatable bonds is 6. The van der Waals surface area contributed by atoms with Crippen LogP contribution in [-0.2, 0) is 11.5 Å². The van der Waals surface area contributed by atoms with Gasteiger partial charge in [0.15, 0.2) is 6.73 Å². The van der Waals surface area contributed by atoms with Crippen molar-refractivity contribution in [2.45, 2.75) is 26.6 Å². The highest BCUT2D eigenvalue weighted by atomic mass is 35.5. The fourth-order valence-corrected chi connectivity index (χ4v) is 2.54. The molecule has 2 aromatic heterocycles. The zero-order chi connectivity index (χ0) is 18.7. The number of hydrogen-bond donors (Lipinski definition) is 1. The summed E-state index contributed by atoms with van der Waals surface area (Å²) in [5.41, 5.74) is 1.24. The molecule has 0 bridgehead atoms. The molecule has 136 valence electrons. The minimum Gasteiger partial charge on any atom is -0.471 e. The molecule has 0 spiro atoms. The molecule has 0 fully saturated rings. The van der Waals surface area contributed by atoms with E-state index in [1.807, 2.05) is 0 Å². The van der Waals surface area contributed by atoms with Gasteiger partial charge in [-0.2, -0.15) is 10.2 Å². The first-order valence-electron chi connectivity index (χ1n) is 7.85. The highest BCUT2D eigenvalue weighted by Crippen LogP contribution is 2.19. The van der Waals surface area contributed by atoms with Gasteiger partial charge in [-0.1, -0.05) is 29.3 Å². The Morgan fingerprint density at radius 3 is 2.85 bits per heavy atom. The summed E-state index contributed by atoms with van der Waals surface area (Å²) < 4.78 is 8.69. The first-order chi connectivity index (χ1) is 12.4. The van der Waals surface area contributed by atoms with E-state index < -0.39 is 6.04 Å². The quantitative estimate of drug-likeness (QED) is 0.688. The summed E-state index contributed by atoms with van der Waals surface area (Å²) in [6, 6.07) is 6.58. The maximum Gasteiger partial charge on any atom is 0.249 e. The van der Waals surface area contributed by atoms with Crippen LogP contribution in [0.4, 0.5) is 5.69 Å². The Kier molecular flexibility index (Phi) is 5.49. The SMILES string of the molecule is Cc1nn(C(C)C(=O)Nc2cnn(COc3cccc(Cl)c3)c2)cc1Cl. The molecule has 0 aliphatic carbocycles. The topological polar surface area (TPSA) is 74.0 Å². The molecule has 7 nitrogen and oxygen atoms in total. The third-order valence-electron chi connectivity index (χ3n) is 3.69. The average molecular weight is 394 g/mol. The molecular weight excluding hydrogens is 377 g/mol. The fourth-order valence-electron chi connectivity index (χ4n) is 2.22. The van der Waals surface area contributed by atoms with Gasteiger partial charge in [-0.25, -0.2) is 4.68 Å². The lowest BCUT2D eigenvalue weighted by atomic mass is 10.3. The number of nitrogens with zero attached hydrogens (tertiary/aromatic N) is 4. The number of amides is 1. The van der Waals surface area contributed by atoms with Crippen LogP contribution in [0.2, 0.25) is 10.0 Å². The Hall–Kier alpha value is -2.51. The van der Waals surface area contributed by atoms with E-state index in [1.165, 1.54) is 4.68 Å². The van der Waals surface area contributed by atoms with Gasteiger partial charge in [0.2, 0.25) is 5.91 Å². The summed E-state index contributed by atoms with van der Waals surface area (Å²) >= 11 is 11.9. The third kappa shape index (κ3) is 4.36. The minimum absolute atomic E-state index is 0.194. The van der Waals surface area contributed by atoms with Crippen LogP contribution in [0.5, 0.6) is 5.75 Å². The number of anilines is 1. The van der Waals surface area contributed by atoms with Crippen LogP contribution < -0.4 is 10.1 Å². The zero-order valence-electron chi connectivity index (χ0n) is 14.2. The van der Waals surface area contributed by atoms with Gasteiger partial charge in [0.25, 0.3) is 0 Å². The van der Waals surface area contributed by atoms with E-state index in [4.69, 9.17) is 27.9 Å². The number of nitrogens with one attached hydrogen (secondary N) is 1. The van der Waals surface area contributed by atoms with Crippen molar-refractivity contribution in [1.29, 1.82) is 0 Å². The first-order valence-corrected chi connectivity index (χ1v) is 8.61. The second-order valence-corrected chi connectivity index (χ2v) is 6.55. The molecule has 0 saturated heterocycles. The van der Waals surface area contributed by atoms with E-state index in [0.717, 1.165) is 0 Å². The third-order valence-corrected chi connectivity index (χ3v) is 4.30. The molecule has 2 heterocycles. The number of halogens is 2. The lowest BCUT2D eigenvalue weighted by molar-refractivity contribution is -0.119. The second kappa shape index (κ2) is 7.80. The predicted molar refractivity (Wildman–Crippen MR) is 99.6 cm³/mol. The summed E-state index contributed by atoms with van der Waals surface area (Å²) in [6.07, 6.45) is 4.85. The molecule has 1 N–H and O–H groups in total. The van der Waals surface area contributed by atoms with Crippen molar-refractivity contribution in [3.05, 3.63) is 58.6 Å². The van der Waals surface area contributed by atoms with E-state index in [-0.39, 0.29) is 12.6 Å². The Labute approximate surface area is 160 Å². The van der Waals surface area contributed by atoms with E-state index in [2.05, 4.69) is 15.5 Å². The maximum atomic E-state index is 12.4. The van der Waals surface area contributed by atoms with Crippen LogP contribution in [0.15, 0.2) is 42.9 Å². The molecule has 1 aromatic carbocycles. The number of aryl methyl sites for hydroxylation is 1. The molecule has 3 rings (SSSR count). The predicted octanol–water partition coefficient (Wildman–Crippen LogP) is 3.93. The molecule has 26 heavy (non-hydrogen) atoms. The van der Waals surface area contributed by atoms with Crippen LogP contribution in [0.25, 0.3) is 0 Å². The monoisotopic (exact) mass is 393 g/mol. The first kappa shape index (κ1) is 18.3. The number of ether oxygens (including phenoxy) is 1. The molecule has 0 aliphatic heterocycles. The lowest BCUT2D eigenvalue weighted by Gasteiger charge is -2.11. The van der Waals surface area contributed by atoms with E-state index in [9.17, 15) is 4.79 Å². The molecule has 1 amide bonds. The van der Waals surface area contributed by atoms with Crippen LogP contribution in [-0.4, -0.2) is 25.5 Å². The molecule has 0 saturated carbocycles. The Bertz CT molecular complexity index is 902. The van der Waals surface area contributed by atoms with Gasteiger partial charge in [0, 0.05) is 11.2 Å². The number of carbonyl (C=O) groups excluding carboxylic acids is 1. The smallest absolute Gasteiger partial charge is 0.249 e. The zero-order valence-corrected chi connectivity index (χ0v) is 15.7. The van der Waals surface area contributed by atoms with E-state index in [0.29, 0.717) is 27.2 Å². The van der Waals surface area contributed by atoms with Gasteiger partial charge in [-0.05, 0) is 32.0 Å². The number of aromatic nitrogens is 4. The summed E-state index contributed by atoms with van der Waals surface area (Å²) in [6.45, 7) is 3.72. The van der Waals surface area contributed by atoms with Crippen molar-refractivity contribution in [3.8, 4) is 5.75 Å². The largest absolute Gasteiger partial charge is 0.471 e. The van der Waals surface area contributed by atoms with Crippen molar-refractivity contribution in [2.24, 2.45) is 0 Å². The molecule has 0 radical (unpaired) electrons. The van der Waals surface area contributed by atoms with Crippen molar-refractivity contribution < 1.29 is 9.53 Å². The Morgan fingerprint density at radius 2 is 2.15 bits per heavy atom. The molecule has 3 aromatic rings. The molecule has 1 unspecified atom stereocenters. The Morgan fingerprint density at radius 1 is 1.35 bits per heavy atom. The van der Waals surface area contributed by atoms with Gasteiger partial charge in [-0.15, -0.1) is 0 Å². The summed E-state index contributed by atoms with van der Waals surface area (Å²) in [5.74, 6) is 0.414. The van der Waals surface area contributed by atoms with Crippen LogP contribution in [0, 0.1) is 6.92 Å². The van der Waals surface area contributed by atoms with Gasteiger partial charge < -0.3 is 10.1 Å². The summed E-state index contributed by atoms with van der Waals surface area (Å²) in [5, 5.41) is 12.3. The van der Waals surface area contributed by atoms with Crippen molar-refractivity contribution in [3.63, 3.8) is 0 Å². The minimum atomic E-state index is -0.507. The maximum absolute atomic E-state index is 12.4. The highest BCUT2D eigenvalue weighted by Gasteiger charge is 2.18. The van der Waals surface area contributed by atoms with E-state index >= 15 is 0 Å². The number of hydrogen-bond acceptors (Lipinski definition) is 4. The van der Waals surface area contributed by atoms with Crippen molar-refractivity contribution in [2.75, 3.05) is 5.32 Å². The van der Waals surface area contributed by atoms with Gasteiger partial charge in [0.1, 0.15) is 11.8 Å². The summed E-state index contributed by atoms with van der Waals surface area (Å²) in [4.78, 5) is 12.4. The average Bonchev–Trinajstić information content (AvgIpc) is 3.19. The number of carbonyl (C=O) groups is 1. The number of benzene rings is 1. The summed E-state index contributed by atoms with van der Waals surface area (Å²) in [7, 11) is 0. The fraction of sp³-hybridized carbons (Fsp3) is 0.235. The lowest BCUT2D eigenvalue weighted by Crippen LogP contribution is -2.24. The van der Waals surface area contributed by atoms with Gasteiger partial charge in [-0.3, -0.25) is 9.48 Å². The van der Waals surface area contributed by atoms with Crippen LogP contribution >= 0.6 is 23.2 Å². The molecule has 1 atom stereocenters. The second-order valence-electron chi connectivity index (χ2n) is 5.71. The highest BCUT2D eigenvalue weighted by molar-refractivity contribution is 6.31. The van der Waals surface area contributed by atoms with Crippen molar-refractivity contribution >= 4 is 34.8 Å². The van der Waals surface area contributed by atoms with Gasteiger partial charge in [0.05, 0.1) is 28.8 Å².